The van der Waals surface area contributed by atoms with Gasteiger partial charge in [0.1, 0.15) is 0 Å². The highest BCUT2D eigenvalue weighted by atomic mass is 16.5. The van der Waals surface area contributed by atoms with Gasteiger partial charge in [-0.2, -0.15) is 0 Å². The third-order valence-corrected chi connectivity index (χ3v) is 2.46. The second-order valence-corrected chi connectivity index (χ2v) is 3.53. The lowest BCUT2D eigenvalue weighted by atomic mass is 10.1. The predicted octanol–water partition coefficient (Wildman–Crippen LogP) is 2.34. The molecular weight excluding hydrogens is 224 g/mol. The summed E-state index contributed by atoms with van der Waals surface area (Å²) in [4.78, 5) is 22.2. The standard InChI is InChI=1S/C12H10O5/c1-6(13)7-3-4-9(16-2)11-8(7)5-10(17-11)12(14)15/h3-5H,1-2H3,(H,14,15). The molecule has 0 saturated carbocycles. The number of carbonyl (C=O) groups is 2. The summed E-state index contributed by atoms with van der Waals surface area (Å²) in [6, 6.07) is 4.50. The number of aromatic carboxylic acids is 1. The number of rotatable bonds is 3. The molecule has 0 aliphatic carbocycles. The topological polar surface area (TPSA) is 76.7 Å². The maximum atomic E-state index is 11.4. The summed E-state index contributed by atoms with van der Waals surface area (Å²) >= 11 is 0. The van der Waals surface area contributed by atoms with Crippen LogP contribution in [0.1, 0.15) is 27.8 Å². The summed E-state index contributed by atoms with van der Waals surface area (Å²) < 4.78 is 10.2. The molecule has 1 aromatic heterocycles. The highest BCUT2D eigenvalue weighted by Crippen LogP contribution is 2.31. The van der Waals surface area contributed by atoms with Crippen molar-refractivity contribution in [3.8, 4) is 5.75 Å². The molecule has 17 heavy (non-hydrogen) atoms. The zero-order valence-corrected chi connectivity index (χ0v) is 9.31. The smallest absolute Gasteiger partial charge is 0.371 e. The van der Waals surface area contributed by atoms with Gasteiger partial charge in [0.15, 0.2) is 17.1 Å². The summed E-state index contributed by atoms with van der Waals surface area (Å²) in [5.74, 6) is -1.15. The fraction of sp³-hybridized carbons (Fsp3) is 0.167. The third-order valence-electron chi connectivity index (χ3n) is 2.46. The molecule has 0 bridgehead atoms. The van der Waals surface area contributed by atoms with E-state index >= 15 is 0 Å². The van der Waals surface area contributed by atoms with Gasteiger partial charge in [0.25, 0.3) is 0 Å². The van der Waals surface area contributed by atoms with E-state index in [1.807, 2.05) is 0 Å². The molecule has 88 valence electrons. The predicted molar refractivity (Wildman–Crippen MR) is 59.7 cm³/mol. The molecule has 2 aromatic rings. The van der Waals surface area contributed by atoms with Gasteiger partial charge >= 0.3 is 5.97 Å². The van der Waals surface area contributed by atoms with Crippen molar-refractivity contribution >= 4 is 22.7 Å². The van der Waals surface area contributed by atoms with Gasteiger partial charge in [-0.25, -0.2) is 4.79 Å². The third kappa shape index (κ3) is 1.75. The Morgan fingerprint density at radius 1 is 1.35 bits per heavy atom. The van der Waals surface area contributed by atoms with Gasteiger partial charge in [0.2, 0.25) is 5.76 Å². The van der Waals surface area contributed by atoms with E-state index in [4.69, 9.17) is 14.3 Å². The molecule has 0 amide bonds. The minimum atomic E-state index is -1.18. The molecule has 0 aliphatic heterocycles. The molecule has 5 nitrogen and oxygen atoms in total. The Hall–Kier alpha value is -2.30. The van der Waals surface area contributed by atoms with Crippen molar-refractivity contribution < 1.29 is 23.8 Å². The van der Waals surface area contributed by atoms with Crippen LogP contribution in [-0.2, 0) is 0 Å². The molecular formula is C12H10O5. The van der Waals surface area contributed by atoms with E-state index in [1.54, 1.807) is 12.1 Å². The summed E-state index contributed by atoms with van der Waals surface area (Å²) in [5, 5.41) is 9.31. The molecule has 1 heterocycles. The maximum absolute atomic E-state index is 11.4. The van der Waals surface area contributed by atoms with Crippen LogP contribution in [-0.4, -0.2) is 24.0 Å². The first-order valence-electron chi connectivity index (χ1n) is 4.89. The number of carboxylic acid groups (broad SMARTS) is 1. The van der Waals surface area contributed by atoms with Crippen molar-refractivity contribution in [2.24, 2.45) is 0 Å². The molecule has 0 aliphatic rings. The van der Waals surface area contributed by atoms with Crippen LogP contribution < -0.4 is 4.74 Å². The number of ether oxygens (including phenoxy) is 1. The van der Waals surface area contributed by atoms with Crippen molar-refractivity contribution in [3.63, 3.8) is 0 Å². The Morgan fingerprint density at radius 2 is 2.06 bits per heavy atom. The number of methoxy groups -OCH3 is 1. The highest BCUT2D eigenvalue weighted by Gasteiger charge is 2.18. The lowest BCUT2D eigenvalue weighted by Crippen LogP contribution is -1.93. The van der Waals surface area contributed by atoms with E-state index in [2.05, 4.69) is 0 Å². The molecule has 0 unspecified atom stereocenters. The van der Waals surface area contributed by atoms with E-state index in [0.29, 0.717) is 16.7 Å². The minimum Gasteiger partial charge on any atom is -0.493 e. The van der Waals surface area contributed by atoms with Crippen molar-refractivity contribution in [1.82, 2.24) is 0 Å². The van der Waals surface area contributed by atoms with Crippen LogP contribution in [0.3, 0.4) is 0 Å². The Balaban J connectivity index is 2.81. The molecule has 0 atom stereocenters. The maximum Gasteiger partial charge on any atom is 0.371 e. The fourth-order valence-electron chi connectivity index (χ4n) is 1.67. The lowest BCUT2D eigenvalue weighted by Gasteiger charge is -2.02. The van der Waals surface area contributed by atoms with Gasteiger partial charge in [-0.15, -0.1) is 0 Å². The number of furan rings is 1. The van der Waals surface area contributed by atoms with Crippen LogP contribution >= 0.6 is 0 Å². The van der Waals surface area contributed by atoms with Crippen molar-refractivity contribution in [1.29, 1.82) is 0 Å². The van der Waals surface area contributed by atoms with Gasteiger partial charge in [-0.05, 0) is 19.1 Å². The largest absolute Gasteiger partial charge is 0.493 e. The van der Waals surface area contributed by atoms with Gasteiger partial charge in [-0.3, -0.25) is 4.79 Å². The van der Waals surface area contributed by atoms with Crippen LogP contribution in [0.15, 0.2) is 22.6 Å². The molecule has 0 radical (unpaired) electrons. The molecule has 1 aromatic carbocycles. The summed E-state index contributed by atoms with van der Waals surface area (Å²) in [6.45, 7) is 1.41. The van der Waals surface area contributed by atoms with Crippen molar-refractivity contribution in [3.05, 3.63) is 29.5 Å². The Bertz CT molecular complexity index is 609. The highest BCUT2D eigenvalue weighted by molar-refractivity contribution is 6.08. The second-order valence-electron chi connectivity index (χ2n) is 3.53. The molecule has 5 heteroatoms. The summed E-state index contributed by atoms with van der Waals surface area (Å²) in [6.07, 6.45) is 0. The van der Waals surface area contributed by atoms with E-state index in [1.165, 1.54) is 20.1 Å². The number of hydrogen-bond acceptors (Lipinski definition) is 4. The van der Waals surface area contributed by atoms with Crippen LogP contribution in [0.25, 0.3) is 11.0 Å². The molecule has 1 N–H and O–H groups in total. The zero-order valence-electron chi connectivity index (χ0n) is 9.31. The summed E-state index contributed by atoms with van der Waals surface area (Å²) in [7, 11) is 1.45. The summed E-state index contributed by atoms with van der Waals surface area (Å²) in [5.41, 5.74) is 0.689. The first-order chi connectivity index (χ1) is 8.04. The number of carboxylic acids is 1. The Labute approximate surface area is 96.6 Å². The lowest BCUT2D eigenvalue weighted by molar-refractivity contribution is 0.0664. The first kappa shape index (κ1) is 11.2. The van der Waals surface area contributed by atoms with Crippen LogP contribution in [0, 0.1) is 0 Å². The van der Waals surface area contributed by atoms with Crippen molar-refractivity contribution in [2.45, 2.75) is 6.92 Å². The SMILES string of the molecule is COc1ccc(C(C)=O)c2cc(C(=O)O)oc12. The van der Waals surface area contributed by atoms with E-state index < -0.39 is 5.97 Å². The molecule has 0 spiro atoms. The van der Waals surface area contributed by atoms with Crippen molar-refractivity contribution in [2.75, 3.05) is 7.11 Å². The molecule has 2 rings (SSSR count). The quantitative estimate of drug-likeness (QED) is 0.825. The minimum absolute atomic E-state index is 0.157. The number of ketones is 1. The van der Waals surface area contributed by atoms with Crippen LogP contribution in [0.5, 0.6) is 5.75 Å². The second kappa shape index (κ2) is 3.93. The zero-order chi connectivity index (χ0) is 12.6. The van der Waals surface area contributed by atoms with Gasteiger partial charge in [-0.1, -0.05) is 0 Å². The fourth-order valence-corrected chi connectivity index (χ4v) is 1.67. The first-order valence-corrected chi connectivity index (χ1v) is 4.89. The van der Waals surface area contributed by atoms with E-state index in [-0.39, 0.29) is 17.1 Å². The number of benzene rings is 1. The van der Waals surface area contributed by atoms with Gasteiger partial charge < -0.3 is 14.3 Å². The Kier molecular flexibility index (Phi) is 2.59. The van der Waals surface area contributed by atoms with E-state index in [0.717, 1.165) is 0 Å². The average Bonchev–Trinajstić information content (AvgIpc) is 2.71. The van der Waals surface area contributed by atoms with E-state index in [9.17, 15) is 9.59 Å². The number of hydrogen-bond donors (Lipinski definition) is 1. The average molecular weight is 234 g/mol. The normalized spacial score (nSPS) is 10.5. The number of carbonyl (C=O) groups excluding carboxylic acids is 1. The molecule has 0 fully saturated rings. The van der Waals surface area contributed by atoms with Crippen LogP contribution in [0.2, 0.25) is 0 Å². The number of Topliss-reactive ketones (excluding diaryl/α,β-unsaturated/α-hetero) is 1. The van der Waals surface area contributed by atoms with Crippen LogP contribution in [0.4, 0.5) is 0 Å². The monoisotopic (exact) mass is 234 g/mol. The number of fused-ring (bicyclic) bond motifs is 1. The van der Waals surface area contributed by atoms with Gasteiger partial charge in [0, 0.05) is 17.0 Å². The Morgan fingerprint density at radius 3 is 2.59 bits per heavy atom. The van der Waals surface area contributed by atoms with Gasteiger partial charge in [0.05, 0.1) is 7.11 Å². The molecule has 0 saturated heterocycles.